The van der Waals surface area contributed by atoms with E-state index < -0.39 is 10.0 Å². The van der Waals surface area contributed by atoms with Crippen LogP contribution in [0, 0.1) is 0 Å². The Balaban J connectivity index is 1.71. The molecule has 0 aliphatic heterocycles. The number of carbonyl (C=O) groups excluding carboxylic acids is 1. The first kappa shape index (κ1) is 14.0. The molecule has 1 saturated carbocycles. The SMILES string of the molecule is O=C1CCc2c(NS(=O)(=O)c3sccc3C3CC3)cccc21. The molecule has 1 aromatic carbocycles. The van der Waals surface area contributed by atoms with Crippen molar-refractivity contribution >= 4 is 32.8 Å². The van der Waals surface area contributed by atoms with Gasteiger partial charge in [-0.2, -0.15) is 0 Å². The molecule has 2 aliphatic rings. The van der Waals surface area contributed by atoms with E-state index in [1.807, 2.05) is 11.4 Å². The van der Waals surface area contributed by atoms with Crippen molar-refractivity contribution in [2.45, 2.75) is 35.8 Å². The molecule has 2 aromatic rings. The Bertz CT molecular complexity index is 863. The van der Waals surface area contributed by atoms with Crippen molar-refractivity contribution in [3.63, 3.8) is 0 Å². The summed E-state index contributed by atoms with van der Waals surface area (Å²) >= 11 is 1.26. The number of carbonyl (C=O) groups is 1. The fraction of sp³-hybridized carbons (Fsp3) is 0.312. The van der Waals surface area contributed by atoms with Gasteiger partial charge in [0, 0.05) is 12.0 Å². The molecule has 0 amide bonds. The average molecular weight is 333 g/mol. The highest BCUT2D eigenvalue weighted by atomic mass is 32.2. The highest BCUT2D eigenvalue weighted by molar-refractivity contribution is 7.94. The zero-order chi connectivity index (χ0) is 15.3. The summed E-state index contributed by atoms with van der Waals surface area (Å²) in [7, 11) is -3.59. The number of Topliss-reactive ketones (excluding diaryl/α,β-unsaturated/α-hetero) is 1. The first-order valence-electron chi connectivity index (χ1n) is 7.31. The van der Waals surface area contributed by atoms with Gasteiger partial charge in [-0.15, -0.1) is 11.3 Å². The van der Waals surface area contributed by atoms with Crippen LogP contribution in [-0.2, 0) is 16.4 Å². The lowest BCUT2D eigenvalue weighted by Crippen LogP contribution is -2.14. The molecular weight excluding hydrogens is 318 g/mol. The smallest absolute Gasteiger partial charge is 0.271 e. The molecule has 4 nitrogen and oxygen atoms in total. The molecule has 0 radical (unpaired) electrons. The number of nitrogens with one attached hydrogen (secondary N) is 1. The summed E-state index contributed by atoms with van der Waals surface area (Å²) in [5, 5.41) is 1.83. The summed E-state index contributed by atoms with van der Waals surface area (Å²) in [5.41, 5.74) is 2.94. The van der Waals surface area contributed by atoms with Crippen LogP contribution < -0.4 is 4.72 Å². The molecule has 0 spiro atoms. The molecule has 114 valence electrons. The number of ketones is 1. The van der Waals surface area contributed by atoms with Crippen LogP contribution in [-0.4, -0.2) is 14.2 Å². The third-order valence-electron chi connectivity index (χ3n) is 4.24. The van der Waals surface area contributed by atoms with E-state index in [4.69, 9.17) is 0 Å². The topological polar surface area (TPSA) is 63.2 Å². The third kappa shape index (κ3) is 2.27. The van der Waals surface area contributed by atoms with Gasteiger partial charge in [0.2, 0.25) is 0 Å². The third-order valence-corrected chi connectivity index (χ3v) is 7.12. The van der Waals surface area contributed by atoms with Crippen LogP contribution in [0.25, 0.3) is 0 Å². The lowest BCUT2D eigenvalue weighted by molar-refractivity contribution is 0.0994. The number of hydrogen-bond donors (Lipinski definition) is 1. The first-order valence-corrected chi connectivity index (χ1v) is 9.68. The predicted octanol–water partition coefficient (Wildman–Crippen LogP) is 3.56. The quantitative estimate of drug-likeness (QED) is 0.930. The zero-order valence-electron chi connectivity index (χ0n) is 11.8. The molecule has 22 heavy (non-hydrogen) atoms. The summed E-state index contributed by atoms with van der Waals surface area (Å²) in [6.45, 7) is 0. The molecule has 1 N–H and O–H groups in total. The fourth-order valence-corrected chi connectivity index (χ4v) is 5.62. The normalized spacial score (nSPS) is 17.5. The molecule has 4 rings (SSSR count). The number of hydrogen-bond acceptors (Lipinski definition) is 4. The molecule has 1 heterocycles. The number of sulfonamides is 1. The van der Waals surface area contributed by atoms with Crippen molar-refractivity contribution in [2.24, 2.45) is 0 Å². The number of anilines is 1. The van der Waals surface area contributed by atoms with Crippen LogP contribution in [0.5, 0.6) is 0 Å². The van der Waals surface area contributed by atoms with Crippen molar-refractivity contribution in [3.8, 4) is 0 Å². The second-order valence-corrected chi connectivity index (χ2v) is 8.59. The Kier molecular flexibility index (Phi) is 3.13. The summed E-state index contributed by atoms with van der Waals surface area (Å²) in [6.07, 6.45) is 3.19. The summed E-state index contributed by atoms with van der Waals surface area (Å²) in [6, 6.07) is 7.15. The van der Waals surface area contributed by atoms with Gasteiger partial charge >= 0.3 is 0 Å². The van der Waals surface area contributed by atoms with Crippen molar-refractivity contribution in [2.75, 3.05) is 4.72 Å². The van der Waals surface area contributed by atoms with E-state index in [1.54, 1.807) is 18.2 Å². The van der Waals surface area contributed by atoms with Gasteiger partial charge in [0.15, 0.2) is 5.78 Å². The molecule has 1 fully saturated rings. The zero-order valence-corrected chi connectivity index (χ0v) is 13.5. The standard InChI is InChI=1S/C16H15NO3S2/c18-15-7-6-12-13(15)2-1-3-14(12)17-22(19,20)16-11(8-9-21-16)10-4-5-10/h1-3,8-10,17H,4-7H2. The summed E-state index contributed by atoms with van der Waals surface area (Å²) < 4.78 is 28.5. The predicted molar refractivity (Wildman–Crippen MR) is 86.2 cm³/mol. The van der Waals surface area contributed by atoms with Gasteiger partial charge in [-0.1, -0.05) is 12.1 Å². The minimum absolute atomic E-state index is 0.0887. The maximum atomic E-state index is 12.7. The van der Waals surface area contributed by atoms with Crippen molar-refractivity contribution < 1.29 is 13.2 Å². The number of benzene rings is 1. The molecule has 0 saturated heterocycles. The van der Waals surface area contributed by atoms with Crippen LogP contribution in [0.15, 0.2) is 33.9 Å². The molecule has 2 aliphatic carbocycles. The summed E-state index contributed by atoms with van der Waals surface area (Å²) in [4.78, 5) is 11.8. The van der Waals surface area contributed by atoms with Crippen LogP contribution in [0.4, 0.5) is 5.69 Å². The largest absolute Gasteiger partial charge is 0.294 e. The molecule has 1 aromatic heterocycles. The lowest BCUT2D eigenvalue weighted by Gasteiger charge is -2.11. The van der Waals surface area contributed by atoms with Crippen LogP contribution in [0.2, 0.25) is 0 Å². The monoisotopic (exact) mass is 333 g/mol. The lowest BCUT2D eigenvalue weighted by atomic mass is 10.1. The van der Waals surface area contributed by atoms with Crippen LogP contribution in [0.1, 0.15) is 46.7 Å². The van der Waals surface area contributed by atoms with Crippen LogP contribution in [0.3, 0.4) is 0 Å². The summed E-state index contributed by atoms with van der Waals surface area (Å²) in [5.74, 6) is 0.478. The van der Waals surface area contributed by atoms with Gasteiger partial charge in [0.05, 0.1) is 5.69 Å². The Morgan fingerprint density at radius 2 is 1.95 bits per heavy atom. The minimum atomic E-state index is -3.59. The number of fused-ring (bicyclic) bond motifs is 1. The van der Waals surface area contributed by atoms with E-state index in [9.17, 15) is 13.2 Å². The molecule has 0 bridgehead atoms. The number of rotatable bonds is 4. The molecular formula is C16H15NO3S2. The van der Waals surface area contributed by atoms with E-state index in [2.05, 4.69) is 4.72 Å². The Hall–Kier alpha value is -1.66. The van der Waals surface area contributed by atoms with Gasteiger partial charge in [-0.05, 0) is 53.8 Å². The van der Waals surface area contributed by atoms with Crippen molar-refractivity contribution in [1.82, 2.24) is 0 Å². The van der Waals surface area contributed by atoms with E-state index in [1.165, 1.54) is 11.3 Å². The van der Waals surface area contributed by atoms with Gasteiger partial charge in [0.1, 0.15) is 4.21 Å². The maximum Gasteiger partial charge on any atom is 0.271 e. The Labute approximate surface area is 133 Å². The van der Waals surface area contributed by atoms with E-state index in [0.717, 1.165) is 24.0 Å². The van der Waals surface area contributed by atoms with Crippen LogP contribution >= 0.6 is 11.3 Å². The Morgan fingerprint density at radius 3 is 2.73 bits per heavy atom. The van der Waals surface area contributed by atoms with E-state index in [-0.39, 0.29) is 5.78 Å². The highest BCUT2D eigenvalue weighted by Gasteiger charge is 2.32. The molecule has 6 heteroatoms. The van der Waals surface area contributed by atoms with E-state index in [0.29, 0.717) is 34.2 Å². The molecule has 0 atom stereocenters. The molecule has 0 unspecified atom stereocenters. The minimum Gasteiger partial charge on any atom is -0.294 e. The second-order valence-electron chi connectivity index (χ2n) is 5.80. The van der Waals surface area contributed by atoms with Gasteiger partial charge < -0.3 is 0 Å². The van der Waals surface area contributed by atoms with Crippen molar-refractivity contribution in [1.29, 1.82) is 0 Å². The van der Waals surface area contributed by atoms with E-state index >= 15 is 0 Å². The van der Waals surface area contributed by atoms with Gasteiger partial charge in [-0.25, -0.2) is 8.42 Å². The average Bonchev–Trinajstić information content (AvgIpc) is 3.07. The van der Waals surface area contributed by atoms with Gasteiger partial charge in [0.25, 0.3) is 10.0 Å². The Morgan fingerprint density at radius 1 is 1.14 bits per heavy atom. The fourth-order valence-electron chi connectivity index (χ4n) is 3.00. The number of thiophene rings is 1. The second kappa shape index (κ2) is 4.93. The maximum absolute atomic E-state index is 12.7. The van der Waals surface area contributed by atoms with Gasteiger partial charge in [-0.3, -0.25) is 9.52 Å². The first-order chi connectivity index (χ1) is 10.6. The highest BCUT2D eigenvalue weighted by Crippen LogP contribution is 2.45. The van der Waals surface area contributed by atoms with Crippen molar-refractivity contribution in [3.05, 3.63) is 46.3 Å².